The molecule has 0 bridgehead atoms. The second kappa shape index (κ2) is 8.92. The zero-order chi connectivity index (χ0) is 18.4. The van der Waals surface area contributed by atoms with Gasteiger partial charge in [0.25, 0.3) is 5.91 Å². The molecule has 2 rings (SSSR count). The first-order valence-corrected chi connectivity index (χ1v) is 9.34. The Morgan fingerprint density at radius 1 is 1.32 bits per heavy atom. The average molecular weight is 346 g/mol. The Hall–Kier alpha value is -1.98. The topological polar surface area (TPSA) is 75.2 Å². The van der Waals surface area contributed by atoms with Crippen LogP contribution in [0, 0.1) is 6.92 Å². The number of carbonyl (C=O) groups is 2. The van der Waals surface area contributed by atoms with Gasteiger partial charge in [0, 0.05) is 37.0 Å². The van der Waals surface area contributed by atoms with Gasteiger partial charge in [0.15, 0.2) is 0 Å². The van der Waals surface area contributed by atoms with Crippen molar-refractivity contribution in [2.24, 2.45) is 0 Å². The smallest absolute Gasteiger partial charge is 0.287 e. The van der Waals surface area contributed by atoms with E-state index in [0.717, 1.165) is 17.2 Å². The molecule has 1 aromatic rings. The minimum Gasteiger partial charge on any atom is -0.343 e. The van der Waals surface area contributed by atoms with Gasteiger partial charge in [0.2, 0.25) is 11.7 Å². The van der Waals surface area contributed by atoms with Crippen LogP contribution < -0.4 is 10.2 Å². The molecule has 0 radical (unpaired) electrons. The summed E-state index contributed by atoms with van der Waals surface area (Å²) in [6.07, 6.45) is 8.94. The van der Waals surface area contributed by atoms with Crippen molar-refractivity contribution in [1.29, 1.82) is 0 Å². The highest BCUT2D eigenvalue weighted by Crippen LogP contribution is 2.25. The van der Waals surface area contributed by atoms with Crippen molar-refractivity contribution in [3.63, 3.8) is 0 Å². The number of nitrogens with one attached hydrogen (secondary N) is 1. The standard InChI is InChI=1S/C19H30N4O2/c1-5-9-17(24)18(25)21-13(2)16-12-20-19(22-14(16)3)23(4)15-10-7-6-8-11-15/h12-13,15H,5-11H2,1-4H3,(H,21,25). The molecule has 1 saturated carbocycles. The fourth-order valence-corrected chi connectivity index (χ4v) is 3.39. The van der Waals surface area contributed by atoms with Crippen molar-refractivity contribution in [3.8, 4) is 0 Å². The van der Waals surface area contributed by atoms with Crippen LogP contribution in [0.5, 0.6) is 0 Å². The lowest BCUT2D eigenvalue weighted by atomic mass is 9.95. The maximum atomic E-state index is 11.9. The number of amides is 1. The lowest BCUT2D eigenvalue weighted by molar-refractivity contribution is -0.138. The molecule has 0 aliphatic heterocycles. The Morgan fingerprint density at radius 2 is 2.00 bits per heavy atom. The molecule has 0 spiro atoms. The first-order valence-electron chi connectivity index (χ1n) is 9.34. The Bertz CT molecular complexity index is 611. The van der Waals surface area contributed by atoms with E-state index in [1.165, 1.54) is 32.1 Å². The van der Waals surface area contributed by atoms with Crippen LogP contribution in [0.15, 0.2) is 6.20 Å². The fourth-order valence-electron chi connectivity index (χ4n) is 3.39. The maximum Gasteiger partial charge on any atom is 0.287 e. The highest BCUT2D eigenvalue weighted by Gasteiger charge is 2.22. The molecule has 1 N–H and O–H groups in total. The third kappa shape index (κ3) is 5.00. The van der Waals surface area contributed by atoms with Crippen molar-refractivity contribution < 1.29 is 9.59 Å². The van der Waals surface area contributed by atoms with E-state index in [9.17, 15) is 9.59 Å². The van der Waals surface area contributed by atoms with Crippen LogP contribution in [0.2, 0.25) is 0 Å². The first-order chi connectivity index (χ1) is 11.9. The van der Waals surface area contributed by atoms with E-state index in [1.54, 1.807) is 6.20 Å². The maximum absolute atomic E-state index is 11.9. The number of aromatic nitrogens is 2. The van der Waals surface area contributed by atoms with Gasteiger partial charge in [0.05, 0.1) is 6.04 Å². The molecular formula is C19H30N4O2. The van der Waals surface area contributed by atoms with Gasteiger partial charge in [-0.25, -0.2) is 9.97 Å². The SMILES string of the molecule is CCCC(=O)C(=O)NC(C)c1cnc(N(C)C2CCCCC2)nc1C. The lowest BCUT2D eigenvalue weighted by Gasteiger charge is -2.31. The highest BCUT2D eigenvalue weighted by molar-refractivity contribution is 6.36. The van der Waals surface area contributed by atoms with Crippen molar-refractivity contribution in [3.05, 3.63) is 17.5 Å². The predicted octanol–water partition coefficient (Wildman–Crippen LogP) is 3.10. The predicted molar refractivity (Wildman–Crippen MR) is 98.5 cm³/mol. The summed E-state index contributed by atoms with van der Waals surface area (Å²) >= 11 is 0. The van der Waals surface area contributed by atoms with Gasteiger partial charge in [-0.1, -0.05) is 26.2 Å². The Balaban J connectivity index is 2.05. The molecule has 1 unspecified atom stereocenters. The number of rotatable bonds is 7. The molecule has 1 aliphatic rings. The van der Waals surface area contributed by atoms with Gasteiger partial charge < -0.3 is 10.2 Å². The van der Waals surface area contributed by atoms with E-state index in [2.05, 4.69) is 27.2 Å². The first kappa shape index (κ1) is 19.3. The third-order valence-corrected chi connectivity index (χ3v) is 4.99. The summed E-state index contributed by atoms with van der Waals surface area (Å²) in [7, 11) is 2.05. The Kier molecular flexibility index (Phi) is 6.91. The Morgan fingerprint density at radius 3 is 2.60 bits per heavy atom. The van der Waals surface area contributed by atoms with E-state index < -0.39 is 5.91 Å². The average Bonchev–Trinajstić information content (AvgIpc) is 2.61. The van der Waals surface area contributed by atoms with Gasteiger partial charge >= 0.3 is 0 Å². The van der Waals surface area contributed by atoms with Crippen LogP contribution in [0.1, 0.15) is 76.1 Å². The number of aryl methyl sites for hydroxylation is 1. The number of nitrogens with zero attached hydrogens (tertiary/aromatic N) is 3. The van der Waals surface area contributed by atoms with Crippen LogP contribution in [-0.2, 0) is 9.59 Å². The molecule has 0 saturated heterocycles. The van der Waals surface area contributed by atoms with Gasteiger partial charge in [0.1, 0.15) is 0 Å². The number of hydrogen-bond acceptors (Lipinski definition) is 5. The van der Waals surface area contributed by atoms with E-state index >= 15 is 0 Å². The molecule has 1 aliphatic carbocycles. The zero-order valence-electron chi connectivity index (χ0n) is 15.8. The minimum atomic E-state index is -0.530. The van der Waals surface area contributed by atoms with Gasteiger partial charge in [-0.05, 0) is 33.1 Å². The lowest BCUT2D eigenvalue weighted by Crippen LogP contribution is -2.35. The molecular weight excluding hydrogens is 316 g/mol. The molecule has 138 valence electrons. The summed E-state index contributed by atoms with van der Waals surface area (Å²) in [5.41, 5.74) is 1.68. The van der Waals surface area contributed by atoms with Gasteiger partial charge in [-0.15, -0.1) is 0 Å². The molecule has 1 aromatic heterocycles. The summed E-state index contributed by atoms with van der Waals surface area (Å²) in [4.78, 5) is 34.9. The summed E-state index contributed by atoms with van der Waals surface area (Å²) in [6.45, 7) is 5.66. The van der Waals surface area contributed by atoms with Crippen LogP contribution >= 0.6 is 0 Å². The molecule has 1 fully saturated rings. The van der Waals surface area contributed by atoms with Crippen LogP contribution in [0.3, 0.4) is 0 Å². The number of anilines is 1. The minimum absolute atomic E-state index is 0.277. The molecule has 0 aromatic carbocycles. The van der Waals surface area contributed by atoms with E-state index in [1.807, 2.05) is 20.8 Å². The number of carbonyl (C=O) groups excluding carboxylic acids is 2. The van der Waals surface area contributed by atoms with Crippen molar-refractivity contribution in [2.75, 3.05) is 11.9 Å². The summed E-state index contributed by atoms with van der Waals surface area (Å²) in [5.74, 6) is -0.174. The van der Waals surface area contributed by atoms with E-state index in [-0.39, 0.29) is 18.2 Å². The fraction of sp³-hybridized carbons (Fsp3) is 0.684. The van der Waals surface area contributed by atoms with Crippen molar-refractivity contribution in [2.45, 2.75) is 77.8 Å². The van der Waals surface area contributed by atoms with Gasteiger partial charge in [-0.3, -0.25) is 9.59 Å². The number of Topliss-reactive ketones (excluding diaryl/α,β-unsaturated/α-hetero) is 1. The Labute approximate surface area is 150 Å². The quantitative estimate of drug-likeness (QED) is 0.768. The molecule has 1 atom stereocenters. The van der Waals surface area contributed by atoms with Crippen molar-refractivity contribution >= 4 is 17.6 Å². The normalized spacial score (nSPS) is 16.3. The third-order valence-electron chi connectivity index (χ3n) is 4.99. The molecule has 25 heavy (non-hydrogen) atoms. The van der Waals surface area contributed by atoms with E-state index in [4.69, 9.17) is 0 Å². The molecule has 1 amide bonds. The zero-order valence-corrected chi connectivity index (χ0v) is 15.8. The number of hydrogen-bond donors (Lipinski definition) is 1. The highest BCUT2D eigenvalue weighted by atomic mass is 16.2. The summed E-state index contributed by atoms with van der Waals surface area (Å²) in [6, 6.07) is 0.213. The molecule has 1 heterocycles. The molecule has 6 nitrogen and oxygen atoms in total. The van der Waals surface area contributed by atoms with Crippen LogP contribution in [-0.4, -0.2) is 34.7 Å². The van der Waals surface area contributed by atoms with Crippen LogP contribution in [0.4, 0.5) is 5.95 Å². The monoisotopic (exact) mass is 346 g/mol. The second-order valence-electron chi connectivity index (χ2n) is 6.98. The summed E-state index contributed by atoms with van der Waals surface area (Å²) < 4.78 is 0. The largest absolute Gasteiger partial charge is 0.343 e. The second-order valence-corrected chi connectivity index (χ2v) is 6.98. The van der Waals surface area contributed by atoms with E-state index in [0.29, 0.717) is 12.5 Å². The number of ketones is 1. The van der Waals surface area contributed by atoms with Crippen LogP contribution in [0.25, 0.3) is 0 Å². The summed E-state index contributed by atoms with van der Waals surface area (Å²) in [5, 5.41) is 2.75. The molecule has 6 heteroatoms. The van der Waals surface area contributed by atoms with Gasteiger partial charge in [-0.2, -0.15) is 0 Å². The van der Waals surface area contributed by atoms with Crippen molar-refractivity contribution in [1.82, 2.24) is 15.3 Å².